The first-order chi connectivity index (χ1) is 8.58. The average molecular weight is 312 g/mol. The molecule has 0 aliphatic rings. The Morgan fingerprint density at radius 1 is 1.50 bits per heavy atom. The number of nitrogens with zero attached hydrogens (tertiary/aromatic N) is 3. The standard InChI is InChI=1S/C12H14BrN3O2/c1-8(17)10-5-9(13)3-4-11(10)18-6-12-14-7-15-16(12)2/h3-5,7-8,17H,6H2,1-2H3/t8-/m1/s1. The monoisotopic (exact) mass is 311 g/mol. The number of halogens is 1. The Morgan fingerprint density at radius 3 is 2.89 bits per heavy atom. The van der Waals surface area contributed by atoms with Gasteiger partial charge in [-0.25, -0.2) is 4.98 Å². The van der Waals surface area contributed by atoms with Crippen LogP contribution in [0.1, 0.15) is 24.4 Å². The van der Waals surface area contributed by atoms with Gasteiger partial charge >= 0.3 is 0 Å². The van der Waals surface area contributed by atoms with Gasteiger partial charge in [0.05, 0.1) is 6.10 Å². The van der Waals surface area contributed by atoms with Crippen LogP contribution in [0.25, 0.3) is 0 Å². The van der Waals surface area contributed by atoms with Crippen molar-refractivity contribution < 1.29 is 9.84 Å². The van der Waals surface area contributed by atoms with E-state index in [9.17, 15) is 5.11 Å². The van der Waals surface area contributed by atoms with Crippen molar-refractivity contribution in [1.29, 1.82) is 0 Å². The molecule has 0 spiro atoms. The van der Waals surface area contributed by atoms with E-state index >= 15 is 0 Å². The van der Waals surface area contributed by atoms with Crippen LogP contribution in [0.15, 0.2) is 29.0 Å². The van der Waals surface area contributed by atoms with E-state index in [1.165, 1.54) is 6.33 Å². The van der Waals surface area contributed by atoms with Crippen LogP contribution in [0.5, 0.6) is 5.75 Å². The van der Waals surface area contributed by atoms with E-state index in [1.54, 1.807) is 11.6 Å². The molecule has 0 unspecified atom stereocenters. The average Bonchev–Trinajstić information content (AvgIpc) is 2.73. The van der Waals surface area contributed by atoms with E-state index in [0.29, 0.717) is 12.4 Å². The van der Waals surface area contributed by atoms with Crippen molar-refractivity contribution in [2.24, 2.45) is 7.05 Å². The Morgan fingerprint density at radius 2 is 2.28 bits per heavy atom. The number of benzene rings is 1. The van der Waals surface area contributed by atoms with Crippen LogP contribution in [0.2, 0.25) is 0 Å². The van der Waals surface area contributed by atoms with Gasteiger partial charge in [-0.1, -0.05) is 15.9 Å². The first-order valence-electron chi connectivity index (χ1n) is 5.51. The molecule has 2 aromatic rings. The molecule has 18 heavy (non-hydrogen) atoms. The second-order valence-electron chi connectivity index (χ2n) is 3.95. The lowest BCUT2D eigenvalue weighted by Crippen LogP contribution is -2.06. The highest BCUT2D eigenvalue weighted by molar-refractivity contribution is 9.10. The Hall–Kier alpha value is -1.40. The quantitative estimate of drug-likeness (QED) is 0.940. The van der Waals surface area contributed by atoms with E-state index in [2.05, 4.69) is 26.0 Å². The zero-order chi connectivity index (χ0) is 13.1. The third-order valence-corrected chi connectivity index (χ3v) is 3.08. The smallest absolute Gasteiger partial charge is 0.164 e. The first-order valence-corrected chi connectivity index (χ1v) is 6.30. The molecule has 0 amide bonds. The molecular weight excluding hydrogens is 298 g/mol. The largest absolute Gasteiger partial charge is 0.485 e. The van der Waals surface area contributed by atoms with Gasteiger partial charge < -0.3 is 9.84 Å². The van der Waals surface area contributed by atoms with Crippen molar-refractivity contribution >= 4 is 15.9 Å². The molecular formula is C12H14BrN3O2. The number of aryl methyl sites for hydroxylation is 1. The van der Waals surface area contributed by atoms with Crippen molar-refractivity contribution in [3.8, 4) is 5.75 Å². The van der Waals surface area contributed by atoms with Crippen LogP contribution in [-0.2, 0) is 13.7 Å². The minimum atomic E-state index is -0.586. The zero-order valence-corrected chi connectivity index (χ0v) is 11.8. The minimum Gasteiger partial charge on any atom is -0.485 e. The van der Waals surface area contributed by atoms with E-state index in [1.807, 2.05) is 25.2 Å². The molecule has 1 atom stereocenters. The maximum Gasteiger partial charge on any atom is 0.164 e. The van der Waals surface area contributed by atoms with E-state index < -0.39 is 6.10 Å². The van der Waals surface area contributed by atoms with Crippen molar-refractivity contribution in [1.82, 2.24) is 14.8 Å². The fourth-order valence-electron chi connectivity index (χ4n) is 1.57. The van der Waals surface area contributed by atoms with E-state index in [0.717, 1.165) is 15.9 Å². The lowest BCUT2D eigenvalue weighted by molar-refractivity contribution is 0.189. The lowest BCUT2D eigenvalue weighted by Gasteiger charge is -2.13. The van der Waals surface area contributed by atoms with Crippen molar-refractivity contribution in [3.05, 3.63) is 40.4 Å². The van der Waals surface area contributed by atoms with Gasteiger partial charge in [0.25, 0.3) is 0 Å². The predicted molar refractivity (Wildman–Crippen MR) is 70.1 cm³/mol. The van der Waals surface area contributed by atoms with Crippen LogP contribution >= 0.6 is 15.9 Å². The van der Waals surface area contributed by atoms with Crippen LogP contribution in [0.3, 0.4) is 0 Å². The van der Waals surface area contributed by atoms with Gasteiger partial charge in [-0.15, -0.1) is 0 Å². The summed E-state index contributed by atoms with van der Waals surface area (Å²) in [7, 11) is 1.81. The van der Waals surface area contributed by atoms with Crippen LogP contribution in [0.4, 0.5) is 0 Å². The van der Waals surface area contributed by atoms with Gasteiger partial charge in [-0.3, -0.25) is 4.68 Å². The summed E-state index contributed by atoms with van der Waals surface area (Å²) in [5, 5.41) is 13.7. The topological polar surface area (TPSA) is 60.2 Å². The fraction of sp³-hybridized carbons (Fsp3) is 0.333. The maximum absolute atomic E-state index is 9.71. The molecule has 0 radical (unpaired) electrons. The van der Waals surface area contributed by atoms with Crippen LogP contribution < -0.4 is 4.74 Å². The number of aliphatic hydroxyl groups excluding tert-OH is 1. The van der Waals surface area contributed by atoms with Crippen molar-refractivity contribution in [2.45, 2.75) is 19.6 Å². The molecule has 2 rings (SSSR count). The molecule has 0 aliphatic carbocycles. The highest BCUT2D eigenvalue weighted by atomic mass is 79.9. The number of aliphatic hydroxyl groups is 1. The molecule has 0 fully saturated rings. The van der Waals surface area contributed by atoms with E-state index in [-0.39, 0.29) is 0 Å². The summed E-state index contributed by atoms with van der Waals surface area (Å²) >= 11 is 3.37. The van der Waals surface area contributed by atoms with Gasteiger partial charge in [0.1, 0.15) is 18.7 Å². The summed E-state index contributed by atoms with van der Waals surface area (Å²) in [5.74, 6) is 1.38. The third kappa shape index (κ3) is 2.88. The molecule has 1 aromatic carbocycles. The van der Waals surface area contributed by atoms with Gasteiger partial charge in [0.15, 0.2) is 5.82 Å². The summed E-state index contributed by atoms with van der Waals surface area (Å²) in [4.78, 5) is 4.08. The Kier molecular flexibility index (Phi) is 3.98. The maximum atomic E-state index is 9.71. The van der Waals surface area contributed by atoms with Crippen LogP contribution in [0, 0.1) is 0 Å². The highest BCUT2D eigenvalue weighted by Crippen LogP contribution is 2.28. The van der Waals surface area contributed by atoms with Gasteiger partial charge in [0.2, 0.25) is 0 Å². The molecule has 96 valence electrons. The zero-order valence-electron chi connectivity index (χ0n) is 10.2. The molecule has 1 N–H and O–H groups in total. The van der Waals surface area contributed by atoms with Gasteiger partial charge in [-0.05, 0) is 25.1 Å². The minimum absolute atomic E-state index is 0.317. The van der Waals surface area contributed by atoms with Gasteiger partial charge in [-0.2, -0.15) is 5.10 Å². The van der Waals surface area contributed by atoms with Gasteiger partial charge in [0, 0.05) is 17.1 Å². The second-order valence-corrected chi connectivity index (χ2v) is 4.86. The molecule has 1 heterocycles. The summed E-state index contributed by atoms with van der Waals surface area (Å²) in [6.07, 6.45) is 0.896. The number of ether oxygens (including phenoxy) is 1. The Balaban J connectivity index is 2.16. The number of hydrogen-bond donors (Lipinski definition) is 1. The molecule has 0 saturated heterocycles. The highest BCUT2D eigenvalue weighted by Gasteiger charge is 2.11. The van der Waals surface area contributed by atoms with Crippen molar-refractivity contribution in [3.63, 3.8) is 0 Å². The molecule has 1 aromatic heterocycles. The molecule has 0 aliphatic heterocycles. The Bertz CT molecular complexity index is 540. The number of aromatic nitrogens is 3. The SMILES string of the molecule is C[C@@H](O)c1cc(Br)ccc1OCc1ncnn1C. The summed E-state index contributed by atoms with van der Waals surface area (Å²) in [6, 6.07) is 5.54. The van der Waals surface area contributed by atoms with E-state index in [4.69, 9.17) is 4.74 Å². The normalized spacial score (nSPS) is 12.4. The third-order valence-electron chi connectivity index (χ3n) is 2.58. The second kappa shape index (κ2) is 5.49. The lowest BCUT2D eigenvalue weighted by atomic mass is 10.1. The summed E-state index contributed by atoms with van der Waals surface area (Å²) in [6.45, 7) is 2.02. The molecule has 6 heteroatoms. The number of rotatable bonds is 4. The fourth-order valence-corrected chi connectivity index (χ4v) is 1.95. The van der Waals surface area contributed by atoms with Crippen LogP contribution in [-0.4, -0.2) is 19.9 Å². The summed E-state index contributed by atoms with van der Waals surface area (Å²) < 4.78 is 8.24. The predicted octanol–water partition coefficient (Wildman–Crippen LogP) is 2.21. The van der Waals surface area contributed by atoms with Crippen molar-refractivity contribution in [2.75, 3.05) is 0 Å². The summed E-state index contributed by atoms with van der Waals surface area (Å²) in [5.41, 5.74) is 0.742. The Labute approximate surface area is 114 Å². The molecule has 0 saturated carbocycles. The molecule has 5 nitrogen and oxygen atoms in total. The first kappa shape index (κ1) is 13.0. The molecule has 0 bridgehead atoms. The number of hydrogen-bond acceptors (Lipinski definition) is 4.